The summed E-state index contributed by atoms with van der Waals surface area (Å²) in [6.45, 7) is 6.62. The Morgan fingerprint density at radius 1 is 1.09 bits per heavy atom. The molecule has 5 heteroatoms. The average Bonchev–Trinajstić information content (AvgIpc) is 3.01. The number of hydrogen-bond donors (Lipinski definition) is 1. The Morgan fingerprint density at radius 3 is 2.53 bits per heavy atom. The smallest absolute Gasteiger partial charge is 0.264 e. The van der Waals surface area contributed by atoms with Crippen LogP contribution in [0.2, 0.25) is 0 Å². The van der Waals surface area contributed by atoms with E-state index in [1.807, 2.05) is 49.4 Å². The normalized spacial score (nSPS) is 17.6. The van der Waals surface area contributed by atoms with E-state index in [1.54, 1.807) is 17.0 Å². The lowest BCUT2D eigenvalue weighted by atomic mass is 9.89. The molecule has 1 amide bonds. The van der Waals surface area contributed by atoms with E-state index in [0.29, 0.717) is 23.7 Å². The molecule has 0 saturated heterocycles. The number of rotatable bonds is 7. The number of anilines is 1. The first-order valence-corrected chi connectivity index (χ1v) is 12.2. The molecule has 0 fully saturated rings. The molecule has 0 aromatic heterocycles. The van der Waals surface area contributed by atoms with Gasteiger partial charge in [-0.3, -0.25) is 9.59 Å². The van der Waals surface area contributed by atoms with Gasteiger partial charge in [0.15, 0.2) is 11.4 Å². The van der Waals surface area contributed by atoms with Gasteiger partial charge >= 0.3 is 0 Å². The van der Waals surface area contributed by atoms with E-state index < -0.39 is 11.5 Å². The number of fused-ring (bicyclic) bond motifs is 1. The standard InChI is InChI=1S/C29H28BrNO3/c1-19(2)22-11-9-20(3)23(15-22)18-31-27-14-12-24(30)16-26(27)29(34,28(31)33)17-25(32)13-10-21-7-5-4-6-8-21/h4-16,19,34H,17-18H2,1-3H3/b13-10+/t29-/m1/s1. The van der Waals surface area contributed by atoms with E-state index in [9.17, 15) is 14.7 Å². The van der Waals surface area contributed by atoms with Crippen LogP contribution in [0, 0.1) is 6.92 Å². The molecule has 1 heterocycles. The van der Waals surface area contributed by atoms with Crippen molar-refractivity contribution < 1.29 is 14.7 Å². The molecular formula is C29H28BrNO3. The molecule has 1 N–H and O–H groups in total. The van der Waals surface area contributed by atoms with E-state index in [1.165, 1.54) is 11.6 Å². The Labute approximate surface area is 209 Å². The van der Waals surface area contributed by atoms with Crippen LogP contribution < -0.4 is 4.90 Å². The summed E-state index contributed by atoms with van der Waals surface area (Å²) >= 11 is 3.45. The Kier molecular flexibility index (Phi) is 6.87. The van der Waals surface area contributed by atoms with Gasteiger partial charge in [-0.1, -0.05) is 84.4 Å². The Balaban J connectivity index is 1.66. The van der Waals surface area contributed by atoms with Gasteiger partial charge in [-0.2, -0.15) is 0 Å². The summed E-state index contributed by atoms with van der Waals surface area (Å²) in [5, 5.41) is 11.6. The molecule has 1 aliphatic heterocycles. The van der Waals surface area contributed by atoms with Gasteiger partial charge in [0.2, 0.25) is 0 Å². The quantitative estimate of drug-likeness (QED) is 0.374. The van der Waals surface area contributed by atoms with Crippen LogP contribution in [0.15, 0.2) is 77.3 Å². The molecule has 0 spiro atoms. The van der Waals surface area contributed by atoms with Gasteiger partial charge in [0.05, 0.1) is 18.7 Å². The summed E-state index contributed by atoms with van der Waals surface area (Å²) < 4.78 is 0.740. The second-order valence-electron chi connectivity index (χ2n) is 9.14. The van der Waals surface area contributed by atoms with Crippen LogP contribution in [-0.4, -0.2) is 16.8 Å². The number of allylic oxidation sites excluding steroid dienone is 1. The molecule has 4 nitrogen and oxygen atoms in total. The summed E-state index contributed by atoms with van der Waals surface area (Å²) in [7, 11) is 0. The molecule has 0 radical (unpaired) electrons. The first-order chi connectivity index (χ1) is 16.2. The third kappa shape index (κ3) is 4.77. The Hall–Kier alpha value is -3.02. The van der Waals surface area contributed by atoms with E-state index in [-0.39, 0.29) is 12.2 Å². The third-order valence-corrected chi connectivity index (χ3v) is 6.85. The second-order valence-corrected chi connectivity index (χ2v) is 10.1. The minimum atomic E-state index is -1.92. The lowest BCUT2D eigenvalue weighted by Crippen LogP contribution is -2.41. The maximum absolute atomic E-state index is 13.6. The zero-order valence-electron chi connectivity index (χ0n) is 19.6. The lowest BCUT2D eigenvalue weighted by Gasteiger charge is -2.23. The van der Waals surface area contributed by atoms with E-state index in [0.717, 1.165) is 21.2 Å². The van der Waals surface area contributed by atoms with Crippen molar-refractivity contribution in [1.82, 2.24) is 0 Å². The van der Waals surface area contributed by atoms with Gasteiger partial charge in [-0.25, -0.2) is 0 Å². The van der Waals surface area contributed by atoms with Crippen molar-refractivity contribution in [3.05, 3.63) is 105 Å². The summed E-state index contributed by atoms with van der Waals surface area (Å²) in [4.78, 5) is 28.1. The minimum Gasteiger partial charge on any atom is -0.375 e. The van der Waals surface area contributed by atoms with Crippen LogP contribution in [0.1, 0.15) is 54.0 Å². The molecule has 34 heavy (non-hydrogen) atoms. The van der Waals surface area contributed by atoms with Crippen LogP contribution in [0.3, 0.4) is 0 Å². The van der Waals surface area contributed by atoms with E-state index in [4.69, 9.17) is 0 Å². The zero-order valence-corrected chi connectivity index (χ0v) is 21.2. The number of aryl methyl sites for hydroxylation is 1. The molecule has 1 aliphatic rings. The number of aliphatic hydroxyl groups is 1. The van der Waals surface area contributed by atoms with Gasteiger partial charge in [0.25, 0.3) is 5.91 Å². The Bertz CT molecular complexity index is 1270. The number of benzene rings is 3. The van der Waals surface area contributed by atoms with Crippen molar-refractivity contribution >= 4 is 39.4 Å². The van der Waals surface area contributed by atoms with Crippen LogP contribution in [0.25, 0.3) is 6.08 Å². The van der Waals surface area contributed by atoms with Crippen molar-refractivity contribution in [2.24, 2.45) is 0 Å². The predicted octanol–water partition coefficient (Wildman–Crippen LogP) is 6.29. The highest BCUT2D eigenvalue weighted by Crippen LogP contribution is 2.44. The first kappa shape index (κ1) is 24.1. The van der Waals surface area contributed by atoms with Crippen molar-refractivity contribution in [2.45, 2.75) is 45.3 Å². The molecule has 4 rings (SSSR count). The molecule has 3 aromatic carbocycles. The maximum Gasteiger partial charge on any atom is 0.264 e. The zero-order chi connectivity index (χ0) is 24.5. The monoisotopic (exact) mass is 517 g/mol. The summed E-state index contributed by atoms with van der Waals surface area (Å²) in [5.74, 6) is -0.426. The van der Waals surface area contributed by atoms with E-state index in [2.05, 4.69) is 48.0 Å². The highest BCUT2D eigenvalue weighted by Gasteiger charge is 2.50. The van der Waals surface area contributed by atoms with Gasteiger partial charge in [-0.15, -0.1) is 0 Å². The molecule has 0 unspecified atom stereocenters. The predicted molar refractivity (Wildman–Crippen MR) is 140 cm³/mol. The first-order valence-electron chi connectivity index (χ1n) is 11.4. The fourth-order valence-corrected chi connectivity index (χ4v) is 4.67. The number of halogens is 1. The molecule has 0 saturated carbocycles. The van der Waals surface area contributed by atoms with Crippen molar-refractivity contribution in [3.63, 3.8) is 0 Å². The van der Waals surface area contributed by atoms with Gasteiger partial charge in [0, 0.05) is 10.0 Å². The SMILES string of the molecule is Cc1ccc(C(C)C)cc1CN1C(=O)[C@@](O)(CC(=O)/C=C/c2ccccc2)c2cc(Br)ccc21. The van der Waals surface area contributed by atoms with Crippen molar-refractivity contribution in [1.29, 1.82) is 0 Å². The largest absolute Gasteiger partial charge is 0.375 e. The average molecular weight is 518 g/mol. The number of ketones is 1. The van der Waals surface area contributed by atoms with Crippen LogP contribution >= 0.6 is 15.9 Å². The summed E-state index contributed by atoms with van der Waals surface area (Å²) in [5.41, 5.74) is 3.34. The topological polar surface area (TPSA) is 57.6 Å². The lowest BCUT2D eigenvalue weighted by molar-refractivity contribution is -0.140. The second kappa shape index (κ2) is 9.69. The molecule has 0 aliphatic carbocycles. The number of amides is 1. The molecule has 3 aromatic rings. The molecule has 1 atom stereocenters. The van der Waals surface area contributed by atoms with Gasteiger partial charge in [0.1, 0.15) is 0 Å². The fourth-order valence-electron chi connectivity index (χ4n) is 4.31. The van der Waals surface area contributed by atoms with Gasteiger partial charge in [-0.05, 0) is 59.4 Å². The van der Waals surface area contributed by atoms with E-state index >= 15 is 0 Å². The number of carbonyl (C=O) groups excluding carboxylic acids is 2. The van der Waals surface area contributed by atoms with Crippen LogP contribution in [0.4, 0.5) is 5.69 Å². The number of nitrogens with zero attached hydrogens (tertiary/aromatic N) is 1. The molecular weight excluding hydrogens is 490 g/mol. The van der Waals surface area contributed by atoms with Crippen molar-refractivity contribution in [2.75, 3.05) is 4.90 Å². The Morgan fingerprint density at radius 2 is 1.82 bits per heavy atom. The summed E-state index contributed by atoms with van der Waals surface area (Å²) in [6.07, 6.45) is 2.81. The number of carbonyl (C=O) groups is 2. The summed E-state index contributed by atoms with van der Waals surface area (Å²) in [6, 6.07) is 21.2. The van der Waals surface area contributed by atoms with Gasteiger partial charge < -0.3 is 10.0 Å². The van der Waals surface area contributed by atoms with Crippen LogP contribution in [0.5, 0.6) is 0 Å². The van der Waals surface area contributed by atoms with Crippen LogP contribution in [-0.2, 0) is 21.7 Å². The third-order valence-electron chi connectivity index (χ3n) is 6.35. The highest BCUT2D eigenvalue weighted by molar-refractivity contribution is 9.10. The molecule has 0 bridgehead atoms. The molecule has 174 valence electrons. The highest BCUT2D eigenvalue weighted by atomic mass is 79.9. The maximum atomic E-state index is 13.6. The number of hydrogen-bond acceptors (Lipinski definition) is 3. The van der Waals surface area contributed by atoms with Crippen molar-refractivity contribution in [3.8, 4) is 0 Å². The minimum absolute atomic E-state index is 0.314. The fraction of sp³-hybridized carbons (Fsp3) is 0.241.